The maximum absolute atomic E-state index is 11.1. The number of carbonyl (C=O) groups is 2. The van der Waals surface area contributed by atoms with Crippen molar-refractivity contribution >= 4 is 24.3 Å². The highest BCUT2D eigenvalue weighted by Gasteiger charge is 2.27. The van der Waals surface area contributed by atoms with Gasteiger partial charge in [0, 0.05) is 12.5 Å². The topological polar surface area (TPSA) is 72.2 Å². The second-order valence-electron chi connectivity index (χ2n) is 3.24. The zero-order valence-electron chi connectivity index (χ0n) is 7.32. The molecule has 1 aliphatic rings. The molecule has 0 unspecified atom stereocenters. The van der Waals surface area contributed by atoms with Gasteiger partial charge in [0.15, 0.2) is 5.78 Å². The monoisotopic (exact) mass is 202 g/mol. The van der Waals surface area contributed by atoms with Crippen molar-refractivity contribution in [3.63, 3.8) is 0 Å². The lowest BCUT2D eigenvalue weighted by Crippen LogP contribution is -2.35. The van der Waals surface area contributed by atoms with E-state index in [1.807, 2.05) is 0 Å². The summed E-state index contributed by atoms with van der Waals surface area (Å²) in [5.41, 5.74) is 5.59. The Morgan fingerprint density at radius 2 is 2.46 bits per heavy atom. The number of thiol groups is 1. The predicted octanol–water partition coefficient (Wildman–Crippen LogP) is -0.661. The summed E-state index contributed by atoms with van der Waals surface area (Å²) in [5.74, 6) is -0.0144. The second kappa shape index (κ2) is 4.62. The third-order valence-electron chi connectivity index (χ3n) is 2.27. The van der Waals surface area contributed by atoms with Crippen LogP contribution in [0.15, 0.2) is 0 Å². The number of Topliss-reactive ketones (excluding diaryl/α,β-unsaturated/α-hetero) is 1. The third-order valence-corrected chi connectivity index (χ3v) is 2.58. The molecule has 0 aliphatic carbocycles. The average molecular weight is 202 g/mol. The van der Waals surface area contributed by atoms with Crippen LogP contribution < -0.4 is 11.1 Å². The van der Waals surface area contributed by atoms with Gasteiger partial charge < -0.3 is 11.1 Å². The van der Waals surface area contributed by atoms with Crippen LogP contribution in [-0.4, -0.2) is 30.0 Å². The highest BCUT2D eigenvalue weighted by Crippen LogP contribution is 2.15. The minimum atomic E-state index is -0.536. The molecule has 0 bridgehead atoms. The summed E-state index contributed by atoms with van der Waals surface area (Å²) in [7, 11) is 0. The van der Waals surface area contributed by atoms with Crippen molar-refractivity contribution in [2.45, 2.75) is 18.9 Å². The van der Waals surface area contributed by atoms with Crippen LogP contribution in [0.3, 0.4) is 0 Å². The van der Waals surface area contributed by atoms with Crippen molar-refractivity contribution in [3.05, 3.63) is 0 Å². The molecular formula is C8H14N2O2S. The van der Waals surface area contributed by atoms with Crippen LogP contribution in [0.5, 0.6) is 0 Å². The highest BCUT2D eigenvalue weighted by atomic mass is 32.1. The normalized spacial score (nSPS) is 24.2. The molecule has 1 saturated heterocycles. The van der Waals surface area contributed by atoms with Crippen LogP contribution in [0.4, 0.5) is 0 Å². The van der Waals surface area contributed by atoms with E-state index in [1.165, 1.54) is 0 Å². The van der Waals surface area contributed by atoms with E-state index in [-0.39, 0.29) is 23.4 Å². The molecule has 1 amide bonds. The zero-order chi connectivity index (χ0) is 9.84. The van der Waals surface area contributed by atoms with Crippen LogP contribution in [0.25, 0.3) is 0 Å². The number of ketones is 1. The standard InChI is InChI=1S/C8H14N2O2S/c9-6(7(11)4-13)3-5-1-2-10-8(5)12/h5-6,13H,1-4,9H2,(H,10,12)/t5-,6-/m0/s1. The zero-order valence-corrected chi connectivity index (χ0v) is 8.22. The minimum Gasteiger partial charge on any atom is -0.356 e. The number of hydrogen-bond donors (Lipinski definition) is 3. The summed E-state index contributed by atoms with van der Waals surface area (Å²) in [6, 6.07) is -0.536. The van der Waals surface area contributed by atoms with E-state index in [1.54, 1.807) is 0 Å². The quantitative estimate of drug-likeness (QED) is 0.530. The SMILES string of the molecule is N[C@@H](C[C@@H]1CCNC1=O)C(=O)CS. The Hall–Kier alpha value is -0.550. The molecular weight excluding hydrogens is 188 g/mol. The van der Waals surface area contributed by atoms with E-state index in [2.05, 4.69) is 17.9 Å². The maximum Gasteiger partial charge on any atom is 0.223 e. The van der Waals surface area contributed by atoms with Gasteiger partial charge in [-0.3, -0.25) is 9.59 Å². The summed E-state index contributed by atoms with van der Waals surface area (Å²) in [5, 5.41) is 2.71. The molecule has 2 atom stereocenters. The number of carbonyl (C=O) groups excluding carboxylic acids is 2. The van der Waals surface area contributed by atoms with E-state index in [0.717, 1.165) is 6.42 Å². The van der Waals surface area contributed by atoms with Crippen LogP contribution in [-0.2, 0) is 9.59 Å². The first kappa shape index (κ1) is 10.5. The van der Waals surface area contributed by atoms with E-state index < -0.39 is 6.04 Å². The van der Waals surface area contributed by atoms with Crippen molar-refractivity contribution in [1.82, 2.24) is 5.32 Å². The Morgan fingerprint density at radius 1 is 1.77 bits per heavy atom. The lowest BCUT2D eigenvalue weighted by molar-refractivity contribution is -0.123. The Bertz CT molecular complexity index is 220. The molecule has 0 aromatic carbocycles. The van der Waals surface area contributed by atoms with Gasteiger partial charge >= 0.3 is 0 Å². The van der Waals surface area contributed by atoms with Crippen molar-refractivity contribution < 1.29 is 9.59 Å². The number of amides is 1. The Kier molecular flexibility index (Phi) is 3.74. The first-order chi connectivity index (χ1) is 6.15. The molecule has 0 aromatic heterocycles. The number of nitrogens with one attached hydrogen (secondary N) is 1. The lowest BCUT2D eigenvalue weighted by atomic mass is 9.97. The largest absolute Gasteiger partial charge is 0.356 e. The third kappa shape index (κ3) is 2.70. The van der Waals surface area contributed by atoms with Crippen molar-refractivity contribution in [2.24, 2.45) is 11.7 Å². The van der Waals surface area contributed by atoms with Gasteiger partial charge in [-0.05, 0) is 12.8 Å². The fraction of sp³-hybridized carbons (Fsp3) is 0.750. The molecule has 0 saturated carbocycles. The Labute approximate surface area is 82.7 Å². The fourth-order valence-electron chi connectivity index (χ4n) is 1.43. The smallest absolute Gasteiger partial charge is 0.223 e. The molecule has 13 heavy (non-hydrogen) atoms. The van der Waals surface area contributed by atoms with Gasteiger partial charge in [-0.15, -0.1) is 0 Å². The second-order valence-corrected chi connectivity index (χ2v) is 3.56. The van der Waals surface area contributed by atoms with Crippen LogP contribution in [0.2, 0.25) is 0 Å². The summed E-state index contributed by atoms with van der Waals surface area (Å²) in [6.07, 6.45) is 1.23. The van der Waals surface area contributed by atoms with Crippen LogP contribution in [0.1, 0.15) is 12.8 Å². The number of nitrogens with two attached hydrogens (primary N) is 1. The van der Waals surface area contributed by atoms with Gasteiger partial charge in [0.25, 0.3) is 0 Å². The molecule has 1 fully saturated rings. The molecule has 5 heteroatoms. The first-order valence-corrected chi connectivity index (χ1v) is 4.95. The Balaban J connectivity index is 2.39. The Morgan fingerprint density at radius 3 is 2.92 bits per heavy atom. The molecule has 0 aromatic rings. The first-order valence-electron chi connectivity index (χ1n) is 4.32. The number of hydrogen-bond acceptors (Lipinski definition) is 4. The minimum absolute atomic E-state index is 0.0161. The molecule has 3 N–H and O–H groups in total. The van der Waals surface area contributed by atoms with Crippen molar-refractivity contribution in [1.29, 1.82) is 0 Å². The molecule has 0 radical (unpaired) electrons. The van der Waals surface area contributed by atoms with E-state index in [9.17, 15) is 9.59 Å². The van der Waals surface area contributed by atoms with Crippen molar-refractivity contribution in [3.8, 4) is 0 Å². The highest BCUT2D eigenvalue weighted by molar-refractivity contribution is 7.81. The molecule has 1 rings (SSSR count). The summed E-state index contributed by atoms with van der Waals surface area (Å²) >= 11 is 3.84. The molecule has 1 aliphatic heterocycles. The van der Waals surface area contributed by atoms with E-state index >= 15 is 0 Å². The molecule has 4 nitrogen and oxygen atoms in total. The van der Waals surface area contributed by atoms with Gasteiger partial charge in [0.1, 0.15) is 0 Å². The summed E-state index contributed by atoms with van der Waals surface area (Å²) in [6.45, 7) is 0.700. The molecule has 1 heterocycles. The lowest BCUT2D eigenvalue weighted by Gasteiger charge is -2.12. The number of rotatable bonds is 4. The van der Waals surface area contributed by atoms with Crippen LogP contribution >= 0.6 is 12.6 Å². The van der Waals surface area contributed by atoms with E-state index in [0.29, 0.717) is 13.0 Å². The molecule has 74 valence electrons. The van der Waals surface area contributed by atoms with Gasteiger partial charge in [-0.2, -0.15) is 12.6 Å². The molecule has 0 spiro atoms. The van der Waals surface area contributed by atoms with E-state index in [4.69, 9.17) is 5.73 Å². The summed E-state index contributed by atoms with van der Waals surface area (Å²) < 4.78 is 0. The fourth-order valence-corrected chi connectivity index (χ4v) is 1.66. The average Bonchev–Trinajstić information content (AvgIpc) is 2.50. The van der Waals surface area contributed by atoms with Gasteiger partial charge in [0.2, 0.25) is 5.91 Å². The van der Waals surface area contributed by atoms with Crippen LogP contribution in [0, 0.1) is 5.92 Å². The van der Waals surface area contributed by atoms with Gasteiger partial charge in [-0.25, -0.2) is 0 Å². The summed E-state index contributed by atoms with van der Waals surface area (Å²) in [4.78, 5) is 22.2. The van der Waals surface area contributed by atoms with Gasteiger partial charge in [0.05, 0.1) is 11.8 Å². The van der Waals surface area contributed by atoms with Gasteiger partial charge in [-0.1, -0.05) is 0 Å². The van der Waals surface area contributed by atoms with Crippen molar-refractivity contribution in [2.75, 3.05) is 12.3 Å². The predicted molar refractivity (Wildman–Crippen MR) is 52.6 cm³/mol. The maximum atomic E-state index is 11.1.